The van der Waals surface area contributed by atoms with E-state index in [0.717, 1.165) is 45.6 Å². The highest BCUT2D eigenvalue weighted by atomic mass is 16.2. The number of piperazine rings is 1. The Balaban J connectivity index is 1.20. The topological polar surface area (TPSA) is 35.6 Å². The molecule has 1 saturated carbocycles. The van der Waals surface area contributed by atoms with Gasteiger partial charge in [0.1, 0.15) is 0 Å². The molecule has 3 fully saturated rings. The van der Waals surface area contributed by atoms with Crippen LogP contribution in [0.25, 0.3) is 0 Å². The summed E-state index contributed by atoms with van der Waals surface area (Å²) >= 11 is 0. The van der Waals surface area contributed by atoms with Crippen LogP contribution in [0.1, 0.15) is 38.5 Å². The summed E-state index contributed by atoms with van der Waals surface area (Å²) in [5.74, 6) is 1.25. The average Bonchev–Trinajstić information content (AvgIpc) is 2.99. The van der Waals surface area contributed by atoms with Crippen molar-refractivity contribution in [3.8, 4) is 0 Å². The molecule has 0 spiro atoms. The molecule has 4 heteroatoms. The lowest BCUT2D eigenvalue weighted by molar-refractivity contribution is -0.123. The summed E-state index contributed by atoms with van der Waals surface area (Å²) in [6.07, 6.45) is 7.30. The number of hydrogen-bond donors (Lipinski definition) is 1. The lowest BCUT2D eigenvalue weighted by atomic mass is 9.78. The molecule has 2 heterocycles. The second kappa shape index (κ2) is 7.77. The smallest absolute Gasteiger partial charge is 0.223 e. The van der Waals surface area contributed by atoms with E-state index in [-0.39, 0.29) is 5.92 Å². The minimum atomic E-state index is 0.288. The van der Waals surface area contributed by atoms with Crippen molar-refractivity contribution in [1.82, 2.24) is 10.2 Å². The molecule has 1 amide bonds. The van der Waals surface area contributed by atoms with Crippen LogP contribution in [-0.4, -0.2) is 49.6 Å². The first-order valence-electron chi connectivity index (χ1n) is 10.1. The average molecular weight is 341 g/mol. The van der Waals surface area contributed by atoms with Crippen LogP contribution in [0.4, 0.5) is 5.69 Å². The van der Waals surface area contributed by atoms with Gasteiger partial charge < -0.3 is 10.2 Å². The van der Waals surface area contributed by atoms with E-state index in [0.29, 0.717) is 17.9 Å². The third kappa shape index (κ3) is 3.84. The fraction of sp³-hybridized carbons (Fsp3) is 0.667. The minimum absolute atomic E-state index is 0.288. The highest BCUT2D eigenvalue weighted by molar-refractivity contribution is 5.81. The Hall–Kier alpha value is -1.55. The third-order valence-corrected chi connectivity index (χ3v) is 6.48. The van der Waals surface area contributed by atoms with Crippen molar-refractivity contribution < 1.29 is 4.79 Å². The molecule has 136 valence electrons. The molecule has 3 atom stereocenters. The number of nitrogens with one attached hydrogen (secondary N) is 1. The number of fused-ring (bicyclic) bond motifs is 1. The predicted molar refractivity (Wildman–Crippen MR) is 102 cm³/mol. The normalized spacial score (nSPS) is 30.2. The molecule has 1 aromatic carbocycles. The van der Waals surface area contributed by atoms with Crippen molar-refractivity contribution in [2.75, 3.05) is 37.6 Å². The minimum Gasteiger partial charge on any atom is -0.369 e. The van der Waals surface area contributed by atoms with Crippen molar-refractivity contribution in [2.45, 2.75) is 44.6 Å². The van der Waals surface area contributed by atoms with Gasteiger partial charge in [-0.25, -0.2) is 0 Å². The van der Waals surface area contributed by atoms with Gasteiger partial charge in [-0.05, 0) is 50.3 Å². The molecule has 1 aliphatic carbocycles. The molecular weight excluding hydrogens is 310 g/mol. The molecule has 0 radical (unpaired) electrons. The van der Waals surface area contributed by atoms with E-state index in [9.17, 15) is 4.79 Å². The molecule has 1 N–H and O–H groups in total. The molecule has 4 nitrogen and oxygen atoms in total. The van der Waals surface area contributed by atoms with Gasteiger partial charge in [-0.1, -0.05) is 31.0 Å². The van der Waals surface area contributed by atoms with Gasteiger partial charge >= 0.3 is 0 Å². The van der Waals surface area contributed by atoms with Crippen molar-refractivity contribution in [1.29, 1.82) is 0 Å². The molecule has 3 aliphatic rings. The Morgan fingerprint density at radius 1 is 1.00 bits per heavy atom. The SMILES string of the molecule is O=C1N[C@@H]2CCCC[C@H]2C1CCCN1CCN(c2ccccc2)CC1. The van der Waals surface area contributed by atoms with E-state index in [2.05, 4.69) is 45.4 Å². The number of carbonyl (C=O) groups excluding carboxylic acids is 1. The third-order valence-electron chi connectivity index (χ3n) is 6.48. The Morgan fingerprint density at radius 2 is 1.76 bits per heavy atom. The van der Waals surface area contributed by atoms with Crippen LogP contribution in [0, 0.1) is 11.8 Å². The maximum atomic E-state index is 12.3. The van der Waals surface area contributed by atoms with E-state index in [1.54, 1.807) is 0 Å². The summed E-state index contributed by atoms with van der Waals surface area (Å²) in [6, 6.07) is 11.2. The Morgan fingerprint density at radius 3 is 2.56 bits per heavy atom. The second-order valence-corrected chi connectivity index (χ2v) is 7.98. The van der Waals surface area contributed by atoms with Gasteiger partial charge in [0.15, 0.2) is 0 Å². The van der Waals surface area contributed by atoms with Gasteiger partial charge in [-0.3, -0.25) is 9.69 Å². The zero-order valence-electron chi connectivity index (χ0n) is 15.2. The number of anilines is 1. The molecule has 4 rings (SSSR count). The quantitative estimate of drug-likeness (QED) is 0.894. The number of benzene rings is 1. The number of nitrogens with zero attached hydrogens (tertiary/aromatic N) is 2. The number of para-hydroxylation sites is 1. The van der Waals surface area contributed by atoms with Crippen molar-refractivity contribution in [2.24, 2.45) is 11.8 Å². The van der Waals surface area contributed by atoms with Crippen LogP contribution in [0.15, 0.2) is 30.3 Å². The van der Waals surface area contributed by atoms with E-state index >= 15 is 0 Å². The van der Waals surface area contributed by atoms with E-state index in [1.807, 2.05) is 0 Å². The first-order valence-corrected chi connectivity index (χ1v) is 10.1. The first kappa shape index (κ1) is 16.9. The molecule has 0 bridgehead atoms. The maximum absolute atomic E-state index is 12.3. The molecule has 0 aromatic heterocycles. The standard InChI is InChI=1S/C21H31N3O/c25-21-19(18-9-4-5-11-20(18)22-21)10-6-12-23-13-15-24(16-14-23)17-7-2-1-3-8-17/h1-3,7-8,18-20H,4-6,9-16H2,(H,22,25)/t18-,19?,20+/m0/s1. The van der Waals surface area contributed by atoms with Gasteiger partial charge in [0.25, 0.3) is 0 Å². The summed E-state index contributed by atoms with van der Waals surface area (Å²) < 4.78 is 0. The number of amides is 1. The van der Waals surface area contributed by atoms with Crippen molar-refractivity contribution >= 4 is 11.6 Å². The number of hydrogen-bond acceptors (Lipinski definition) is 3. The van der Waals surface area contributed by atoms with Crippen LogP contribution in [-0.2, 0) is 4.79 Å². The van der Waals surface area contributed by atoms with E-state index in [4.69, 9.17) is 0 Å². The first-order chi connectivity index (χ1) is 12.3. The second-order valence-electron chi connectivity index (χ2n) is 7.98. The Kier molecular flexibility index (Phi) is 5.25. The molecule has 2 saturated heterocycles. The molecule has 1 aromatic rings. The summed E-state index contributed by atoms with van der Waals surface area (Å²) in [5, 5.41) is 3.26. The van der Waals surface area contributed by atoms with Gasteiger partial charge in [0.2, 0.25) is 5.91 Å². The van der Waals surface area contributed by atoms with Crippen LogP contribution in [0.2, 0.25) is 0 Å². The number of carbonyl (C=O) groups is 1. The monoisotopic (exact) mass is 341 g/mol. The van der Waals surface area contributed by atoms with Crippen LogP contribution >= 0.6 is 0 Å². The summed E-state index contributed by atoms with van der Waals surface area (Å²) in [6.45, 7) is 5.64. The zero-order valence-corrected chi connectivity index (χ0v) is 15.2. The molecular formula is C21H31N3O. The Bertz CT molecular complexity index is 568. The van der Waals surface area contributed by atoms with Crippen LogP contribution in [0.3, 0.4) is 0 Å². The van der Waals surface area contributed by atoms with Crippen LogP contribution in [0.5, 0.6) is 0 Å². The fourth-order valence-electron chi connectivity index (χ4n) is 5.05. The van der Waals surface area contributed by atoms with Gasteiger partial charge in [0, 0.05) is 43.8 Å². The lowest BCUT2D eigenvalue weighted by Crippen LogP contribution is -2.46. The molecule has 25 heavy (non-hydrogen) atoms. The summed E-state index contributed by atoms with van der Waals surface area (Å²) in [4.78, 5) is 17.3. The Labute approximate surface area is 151 Å². The van der Waals surface area contributed by atoms with Crippen molar-refractivity contribution in [3.63, 3.8) is 0 Å². The highest BCUT2D eigenvalue weighted by Gasteiger charge is 2.42. The number of rotatable bonds is 5. The van der Waals surface area contributed by atoms with Gasteiger partial charge in [0.05, 0.1) is 0 Å². The largest absolute Gasteiger partial charge is 0.369 e. The summed E-state index contributed by atoms with van der Waals surface area (Å²) in [5.41, 5.74) is 1.34. The van der Waals surface area contributed by atoms with Gasteiger partial charge in [-0.2, -0.15) is 0 Å². The molecule has 1 unspecified atom stereocenters. The van der Waals surface area contributed by atoms with E-state index in [1.165, 1.54) is 31.4 Å². The van der Waals surface area contributed by atoms with Gasteiger partial charge in [-0.15, -0.1) is 0 Å². The summed E-state index contributed by atoms with van der Waals surface area (Å²) in [7, 11) is 0. The maximum Gasteiger partial charge on any atom is 0.223 e. The molecule has 2 aliphatic heterocycles. The van der Waals surface area contributed by atoms with E-state index < -0.39 is 0 Å². The van der Waals surface area contributed by atoms with Crippen LogP contribution < -0.4 is 10.2 Å². The zero-order chi connectivity index (χ0) is 17.1. The van der Waals surface area contributed by atoms with Crippen molar-refractivity contribution in [3.05, 3.63) is 30.3 Å². The fourth-order valence-corrected chi connectivity index (χ4v) is 5.05. The lowest BCUT2D eigenvalue weighted by Gasteiger charge is -2.36. The highest BCUT2D eigenvalue weighted by Crippen LogP contribution is 2.37. The predicted octanol–water partition coefficient (Wildman–Crippen LogP) is 2.89.